The zero-order valence-electron chi connectivity index (χ0n) is 13.1. The first kappa shape index (κ1) is 23.4. The van der Waals surface area contributed by atoms with Crippen molar-refractivity contribution in [2.24, 2.45) is 0 Å². The van der Waals surface area contributed by atoms with E-state index in [0.29, 0.717) is 0 Å². The van der Waals surface area contributed by atoms with Crippen molar-refractivity contribution in [1.82, 2.24) is 10.2 Å². The molecule has 0 spiro atoms. The first-order valence-corrected chi connectivity index (χ1v) is 8.82. The zero-order valence-corrected chi connectivity index (χ0v) is 18.0. The normalized spacial score (nSPS) is 14.7. The van der Waals surface area contributed by atoms with E-state index in [4.69, 9.17) is 9.47 Å². The van der Waals surface area contributed by atoms with Crippen LogP contribution in [0.25, 0.3) is 0 Å². The van der Waals surface area contributed by atoms with Crippen LogP contribution in [0.2, 0.25) is 0 Å². The van der Waals surface area contributed by atoms with Gasteiger partial charge in [0.2, 0.25) is 0 Å². The van der Waals surface area contributed by atoms with Crippen LogP contribution >= 0.6 is 56.7 Å². The zero-order chi connectivity index (χ0) is 15.1. The molecule has 0 aliphatic carbocycles. The maximum Gasteiger partial charge on any atom is 0.137 e. The number of benzene rings is 1. The maximum atomic E-state index is 5.45. The van der Waals surface area contributed by atoms with Crippen LogP contribution in [0.4, 0.5) is 0 Å². The van der Waals surface area contributed by atoms with Crippen molar-refractivity contribution >= 4 is 56.7 Å². The summed E-state index contributed by atoms with van der Waals surface area (Å²) in [4.78, 5) is 2.46. The molecule has 4 nitrogen and oxygen atoms in total. The highest BCUT2D eigenvalue weighted by Crippen LogP contribution is 2.32. The lowest BCUT2D eigenvalue weighted by molar-refractivity contribution is 0.0374. The highest BCUT2D eigenvalue weighted by Gasteiger charge is 2.10. The molecule has 134 valence electrons. The number of hydrogen-bond acceptors (Lipinski definition) is 4. The van der Waals surface area contributed by atoms with Crippen LogP contribution in [0.15, 0.2) is 21.1 Å². The number of rotatable bonds is 7. The van der Waals surface area contributed by atoms with Crippen LogP contribution in [0.5, 0.6) is 5.75 Å². The summed E-state index contributed by atoms with van der Waals surface area (Å²) < 4.78 is 12.8. The molecular weight excluding hydrogens is 471 g/mol. The van der Waals surface area contributed by atoms with Gasteiger partial charge in [0.15, 0.2) is 0 Å². The van der Waals surface area contributed by atoms with Crippen molar-refractivity contribution < 1.29 is 9.47 Å². The van der Waals surface area contributed by atoms with Crippen LogP contribution in [0.1, 0.15) is 12.0 Å². The smallest absolute Gasteiger partial charge is 0.137 e. The minimum Gasteiger partial charge on any atom is -0.495 e. The van der Waals surface area contributed by atoms with Crippen molar-refractivity contribution in [1.29, 1.82) is 0 Å². The average Bonchev–Trinajstić information content (AvgIpc) is 2.47. The topological polar surface area (TPSA) is 33.7 Å². The summed E-state index contributed by atoms with van der Waals surface area (Å²) in [5.74, 6) is 0.902. The SMILES string of the molecule is COc1c(Br)cc(Br)cc1CNCCCN1CCOCC1.Cl.Cl. The highest BCUT2D eigenvalue weighted by atomic mass is 79.9. The molecule has 1 N–H and O–H groups in total. The van der Waals surface area contributed by atoms with Gasteiger partial charge in [0, 0.05) is 29.7 Å². The fourth-order valence-electron chi connectivity index (χ4n) is 2.45. The minimum atomic E-state index is 0. The molecule has 1 heterocycles. The van der Waals surface area contributed by atoms with E-state index < -0.39 is 0 Å². The van der Waals surface area contributed by atoms with E-state index >= 15 is 0 Å². The van der Waals surface area contributed by atoms with Gasteiger partial charge in [-0.1, -0.05) is 15.9 Å². The van der Waals surface area contributed by atoms with Gasteiger partial charge in [0.1, 0.15) is 5.75 Å². The molecule has 2 rings (SSSR count). The highest BCUT2D eigenvalue weighted by molar-refractivity contribution is 9.11. The first-order chi connectivity index (χ1) is 10.2. The third-order valence-electron chi connectivity index (χ3n) is 3.54. The Labute approximate surface area is 167 Å². The van der Waals surface area contributed by atoms with Crippen LogP contribution in [0, 0.1) is 0 Å². The molecule has 0 atom stereocenters. The third-order valence-corrected chi connectivity index (χ3v) is 4.58. The second-order valence-electron chi connectivity index (χ2n) is 5.06. The molecule has 1 aliphatic rings. The molecule has 0 bridgehead atoms. The van der Waals surface area contributed by atoms with Crippen molar-refractivity contribution in [3.05, 3.63) is 26.6 Å². The van der Waals surface area contributed by atoms with Crippen molar-refractivity contribution in [3.63, 3.8) is 0 Å². The van der Waals surface area contributed by atoms with Gasteiger partial charge in [-0.3, -0.25) is 4.90 Å². The van der Waals surface area contributed by atoms with Crippen molar-refractivity contribution in [2.75, 3.05) is 46.5 Å². The van der Waals surface area contributed by atoms with Crippen molar-refractivity contribution in [3.8, 4) is 5.75 Å². The average molecular weight is 495 g/mol. The molecule has 0 saturated carbocycles. The summed E-state index contributed by atoms with van der Waals surface area (Å²) in [7, 11) is 1.70. The monoisotopic (exact) mass is 492 g/mol. The molecule has 23 heavy (non-hydrogen) atoms. The van der Waals surface area contributed by atoms with Crippen LogP contribution in [-0.2, 0) is 11.3 Å². The molecule has 1 fully saturated rings. The number of nitrogens with one attached hydrogen (secondary N) is 1. The molecule has 1 aliphatic heterocycles. The van der Waals surface area contributed by atoms with Gasteiger partial charge < -0.3 is 14.8 Å². The minimum absolute atomic E-state index is 0. The summed E-state index contributed by atoms with van der Waals surface area (Å²) >= 11 is 7.05. The van der Waals surface area contributed by atoms with Crippen LogP contribution < -0.4 is 10.1 Å². The summed E-state index contributed by atoms with van der Waals surface area (Å²) in [6.45, 7) is 6.82. The van der Waals surface area contributed by atoms with E-state index in [1.165, 1.54) is 0 Å². The lowest BCUT2D eigenvalue weighted by Gasteiger charge is -2.26. The predicted octanol–water partition coefficient (Wildman–Crippen LogP) is 3.88. The van der Waals surface area contributed by atoms with E-state index in [9.17, 15) is 0 Å². The third kappa shape index (κ3) is 7.90. The number of methoxy groups -OCH3 is 1. The maximum absolute atomic E-state index is 5.45. The van der Waals surface area contributed by atoms with E-state index in [0.717, 1.165) is 72.6 Å². The van der Waals surface area contributed by atoms with Crippen LogP contribution in [-0.4, -0.2) is 51.4 Å². The molecule has 1 saturated heterocycles. The largest absolute Gasteiger partial charge is 0.495 e. The van der Waals surface area contributed by atoms with Gasteiger partial charge in [0.05, 0.1) is 24.8 Å². The summed E-state index contributed by atoms with van der Waals surface area (Å²) in [6, 6.07) is 4.10. The lowest BCUT2D eigenvalue weighted by Crippen LogP contribution is -2.37. The van der Waals surface area contributed by atoms with Gasteiger partial charge in [-0.2, -0.15) is 0 Å². The van der Waals surface area contributed by atoms with Gasteiger partial charge in [0.25, 0.3) is 0 Å². The first-order valence-electron chi connectivity index (χ1n) is 7.23. The second-order valence-corrected chi connectivity index (χ2v) is 6.83. The standard InChI is InChI=1S/C15H22Br2N2O2.2ClH/c1-20-15-12(9-13(16)10-14(15)17)11-18-3-2-4-19-5-7-21-8-6-19;;/h9-10,18H,2-8,11H2,1H3;2*1H. The van der Waals surface area contributed by atoms with Crippen molar-refractivity contribution in [2.45, 2.75) is 13.0 Å². The van der Waals surface area contributed by atoms with Gasteiger partial charge in [-0.25, -0.2) is 0 Å². The Hall–Kier alpha value is 0.440. The second kappa shape index (κ2) is 12.8. The Bertz CT molecular complexity index is 461. The van der Waals surface area contributed by atoms with Gasteiger partial charge in [-0.05, 0) is 47.6 Å². The lowest BCUT2D eigenvalue weighted by atomic mass is 10.2. The Morgan fingerprint density at radius 1 is 1.22 bits per heavy atom. The molecule has 1 aromatic rings. The number of hydrogen-bond donors (Lipinski definition) is 1. The van der Waals surface area contributed by atoms with Gasteiger partial charge in [-0.15, -0.1) is 24.8 Å². The van der Waals surface area contributed by atoms with E-state index in [2.05, 4.69) is 48.1 Å². The summed E-state index contributed by atoms with van der Waals surface area (Å²) in [6.07, 6.45) is 1.15. The fraction of sp³-hybridized carbons (Fsp3) is 0.600. The summed E-state index contributed by atoms with van der Waals surface area (Å²) in [5.41, 5.74) is 1.16. The Morgan fingerprint density at radius 3 is 2.57 bits per heavy atom. The molecule has 0 unspecified atom stereocenters. The Balaban J connectivity index is 0.00000242. The van der Waals surface area contributed by atoms with E-state index in [1.807, 2.05) is 6.07 Å². The Morgan fingerprint density at radius 2 is 1.91 bits per heavy atom. The number of nitrogens with zero attached hydrogens (tertiary/aromatic N) is 1. The molecule has 8 heteroatoms. The van der Waals surface area contributed by atoms with E-state index in [-0.39, 0.29) is 24.8 Å². The van der Waals surface area contributed by atoms with Gasteiger partial charge >= 0.3 is 0 Å². The quantitative estimate of drug-likeness (QED) is 0.583. The Kier molecular flexibility index (Phi) is 13.0. The van der Waals surface area contributed by atoms with Crippen LogP contribution in [0.3, 0.4) is 0 Å². The number of morpholine rings is 1. The molecule has 1 aromatic carbocycles. The molecule has 0 aromatic heterocycles. The van der Waals surface area contributed by atoms with E-state index in [1.54, 1.807) is 7.11 Å². The molecular formula is C15H24Br2Cl2N2O2. The number of ether oxygens (including phenoxy) is 2. The molecule has 0 amide bonds. The summed E-state index contributed by atoms with van der Waals surface area (Å²) in [5, 5.41) is 3.49. The fourth-order valence-corrected chi connectivity index (χ4v) is 3.92. The predicted molar refractivity (Wildman–Crippen MR) is 106 cm³/mol. The molecule has 0 radical (unpaired) electrons. The number of halogens is 4.